The van der Waals surface area contributed by atoms with Gasteiger partial charge in [0.2, 0.25) is 0 Å². The first kappa shape index (κ1) is 24.4. The first-order valence-corrected chi connectivity index (χ1v) is 10.6. The van der Waals surface area contributed by atoms with E-state index >= 15 is 0 Å². The molecular weight excluding hydrogens is 422 g/mol. The SMILES string of the molecule is CC(=O)c1ccc(OCC(O)CNC2CCSc3ccccc32)cc1.O=C(O)C(=O)O. The fourth-order valence-corrected chi connectivity index (χ4v) is 3.99. The van der Waals surface area contributed by atoms with Crippen molar-refractivity contribution in [3.63, 3.8) is 0 Å². The summed E-state index contributed by atoms with van der Waals surface area (Å²) in [6, 6.07) is 15.7. The average molecular weight is 448 g/mol. The minimum Gasteiger partial charge on any atom is -0.491 e. The molecule has 8 nitrogen and oxygen atoms in total. The molecule has 2 unspecified atom stereocenters. The molecule has 9 heteroatoms. The Morgan fingerprint density at radius 3 is 2.35 bits per heavy atom. The molecular formula is C22H25NO7S. The Balaban J connectivity index is 0.000000501. The fourth-order valence-electron chi connectivity index (χ4n) is 2.87. The molecule has 0 radical (unpaired) electrons. The maximum absolute atomic E-state index is 11.3. The van der Waals surface area contributed by atoms with Crippen molar-refractivity contribution in [1.29, 1.82) is 0 Å². The molecule has 0 aliphatic carbocycles. The van der Waals surface area contributed by atoms with Crippen LogP contribution in [0.4, 0.5) is 0 Å². The van der Waals surface area contributed by atoms with Crippen LogP contribution in [0.3, 0.4) is 0 Å². The maximum Gasteiger partial charge on any atom is 0.414 e. The third-order valence-corrected chi connectivity index (χ3v) is 5.57. The topological polar surface area (TPSA) is 133 Å². The Kier molecular flexibility index (Phi) is 9.51. The molecule has 0 spiro atoms. The summed E-state index contributed by atoms with van der Waals surface area (Å²) in [6.07, 6.45) is 0.469. The number of carbonyl (C=O) groups is 3. The number of hydrogen-bond donors (Lipinski definition) is 4. The van der Waals surface area contributed by atoms with E-state index in [2.05, 4.69) is 29.6 Å². The highest BCUT2D eigenvalue weighted by atomic mass is 32.2. The lowest BCUT2D eigenvalue weighted by atomic mass is 10.0. The van der Waals surface area contributed by atoms with Crippen molar-refractivity contribution < 1.29 is 34.4 Å². The van der Waals surface area contributed by atoms with Crippen LogP contribution in [0, 0.1) is 0 Å². The summed E-state index contributed by atoms with van der Waals surface area (Å²) < 4.78 is 5.61. The number of rotatable bonds is 7. The van der Waals surface area contributed by atoms with Crippen LogP contribution in [-0.2, 0) is 9.59 Å². The third kappa shape index (κ3) is 8.05. The number of carboxylic acids is 2. The Morgan fingerprint density at radius 1 is 1.10 bits per heavy atom. The number of hydrogen-bond acceptors (Lipinski definition) is 7. The number of aliphatic carboxylic acids is 2. The van der Waals surface area contributed by atoms with E-state index in [4.69, 9.17) is 24.5 Å². The number of benzene rings is 2. The number of nitrogens with one attached hydrogen (secondary N) is 1. The van der Waals surface area contributed by atoms with Gasteiger partial charge in [-0.25, -0.2) is 9.59 Å². The first-order valence-electron chi connectivity index (χ1n) is 9.61. The standard InChI is InChI=1S/C20H23NO3S.C2H2O4/c1-14(22)15-6-8-17(9-7-15)24-13-16(23)12-21-19-10-11-25-20-5-3-2-4-18(19)20;3-1(4)2(5)6/h2-9,16,19,21,23H,10-13H2,1H3;(H,3,4)(H,5,6). The number of aliphatic hydroxyl groups excluding tert-OH is 1. The predicted molar refractivity (Wildman–Crippen MR) is 116 cm³/mol. The van der Waals surface area contributed by atoms with Crippen molar-refractivity contribution in [1.82, 2.24) is 5.32 Å². The smallest absolute Gasteiger partial charge is 0.414 e. The number of Topliss-reactive ketones (excluding diaryl/α,β-unsaturated/α-hetero) is 1. The predicted octanol–water partition coefficient (Wildman–Crippen LogP) is 2.61. The van der Waals surface area contributed by atoms with Crippen LogP contribution in [0.1, 0.15) is 35.3 Å². The molecule has 4 N–H and O–H groups in total. The summed E-state index contributed by atoms with van der Waals surface area (Å²) in [5, 5.41) is 28.4. The molecule has 0 aromatic heterocycles. The second-order valence-electron chi connectivity index (χ2n) is 6.79. The average Bonchev–Trinajstić information content (AvgIpc) is 2.76. The van der Waals surface area contributed by atoms with Gasteiger partial charge in [0.15, 0.2) is 5.78 Å². The molecule has 0 saturated heterocycles. The minimum atomic E-state index is -1.82. The summed E-state index contributed by atoms with van der Waals surface area (Å²) in [6.45, 7) is 2.23. The van der Waals surface area contributed by atoms with Gasteiger partial charge in [-0.3, -0.25) is 4.79 Å². The molecule has 31 heavy (non-hydrogen) atoms. The highest BCUT2D eigenvalue weighted by Gasteiger charge is 2.20. The Morgan fingerprint density at radius 2 is 1.74 bits per heavy atom. The van der Waals surface area contributed by atoms with Crippen LogP contribution < -0.4 is 10.1 Å². The van der Waals surface area contributed by atoms with Crippen LogP contribution in [0.25, 0.3) is 0 Å². The zero-order valence-electron chi connectivity index (χ0n) is 17.0. The van der Waals surface area contributed by atoms with Crippen LogP contribution in [0.2, 0.25) is 0 Å². The molecule has 1 heterocycles. The van der Waals surface area contributed by atoms with Crippen LogP contribution in [-0.4, -0.2) is 58.0 Å². The Labute approximate surface area is 184 Å². The molecule has 0 amide bonds. The number of carboxylic acid groups (broad SMARTS) is 2. The van der Waals surface area contributed by atoms with E-state index in [9.17, 15) is 9.90 Å². The molecule has 3 rings (SSSR count). The number of fused-ring (bicyclic) bond motifs is 1. The zero-order chi connectivity index (χ0) is 22.8. The highest BCUT2D eigenvalue weighted by Crippen LogP contribution is 2.35. The normalized spacial score (nSPS) is 15.6. The van der Waals surface area contributed by atoms with Crippen LogP contribution >= 0.6 is 11.8 Å². The van der Waals surface area contributed by atoms with Gasteiger partial charge in [-0.05, 0) is 55.0 Å². The number of carbonyl (C=O) groups excluding carboxylic acids is 1. The Hall–Kier alpha value is -2.88. The lowest BCUT2D eigenvalue weighted by molar-refractivity contribution is -0.159. The van der Waals surface area contributed by atoms with Gasteiger partial charge in [-0.2, -0.15) is 0 Å². The highest BCUT2D eigenvalue weighted by molar-refractivity contribution is 7.99. The number of aliphatic hydroxyl groups is 1. The van der Waals surface area contributed by atoms with Gasteiger partial charge in [-0.1, -0.05) is 18.2 Å². The van der Waals surface area contributed by atoms with E-state index in [0.717, 1.165) is 12.2 Å². The van der Waals surface area contributed by atoms with Gasteiger partial charge in [0.1, 0.15) is 18.5 Å². The summed E-state index contributed by atoms with van der Waals surface area (Å²) in [5.74, 6) is -1.88. The third-order valence-electron chi connectivity index (χ3n) is 4.44. The molecule has 2 aromatic rings. The minimum absolute atomic E-state index is 0.0294. The molecule has 2 aromatic carbocycles. The van der Waals surface area contributed by atoms with Gasteiger partial charge in [0.05, 0.1) is 0 Å². The fraction of sp³-hybridized carbons (Fsp3) is 0.318. The van der Waals surface area contributed by atoms with E-state index < -0.39 is 18.0 Å². The lowest BCUT2D eigenvalue weighted by Crippen LogP contribution is -2.35. The summed E-state index contributed by atoms with van der Waals surface area (Å²) >= 11 is 1.89. The van der Waals surface area contributed by atoms with Gasteiger partial charge in [-0.15, -0.1) is 11.8 Å². The molecule has 166 valence electrons. The number of ketones is 1. The van der Waals surface area contributed by atoms with Gasteiger partial charge >= 0.3 is 11.9 Å². The van der Waals surface area contributed by atoms with Crippen molar-refractivity contribution in [2.24, 2.45) is 0 Å². The zero-order valence-corrected chi connectivity index (χ0v) is 17.8. The second-order valence-corrected chi connectivity index (χ2v) is 7.93. The van der Waals surface area contributed by atoms with Crippen molar-refractivity contribution in [3.8, 4) is 5.75 Å². The summed E-state index contributed by atoms with van der Waals surface area (Å²) in [5.41, 5.74) is 1.97. The largest absolute Gasteiger partial charge is 0.491 e. The van der Waals surface area contributed by atoms with Gasteiger partial charge in [0, 0.05) is 23.0 Å². The monoisotopic (exact) mass is 447 g/mol. The summed E-state index contributed by atoms with van der Waals surface area (Å²) in [4.78, 5) is 30.8. The first-order chi connectivity index (χ1) is 14.8. The molecule has 0 fully saturated rings. The lowest BCUT2D eigenvalue weighted by Gasteiger charge is -2.27. The van der Waals surface area contributed by atoms with Crippen molar-refractivity contribution in [2.45, 2.75) is 30.4 Å². The quantitative estimate of drug-likeness (QED) is 0.373. The molecule has 2 atom stereocenters. The van der Waals surface area contributed by atoms with Crippen molar-refractivity contribution in [2.75, 3.05) is 18.9 Å². The maximum atomic E-state index is 11.3. The Bertz CT molecular complexity index is 889. The molecule has 1 aliphatic rings. The molecule has 1 aliphatic heterocycles. The van der Waals surface area contributed by atoms with Gasteiger partial charge in [0.25, 0.3) is 0 Å². The summed E-state index contributed by atoms with van der Waals surface area (Å²) in [7, 11) is 0. The van der Waals surface area contributed by atoms with Gasteiger partial charge < -0.3 is 25.4 Å². The van der Waals surface area contributed by atoms with E-state index in [1.807, 2.05) is 11.8 Å². The van der Waals surface area contributed by atoms with E-state index in [0.29, 0.717) is 17.9 Å². The van der Waals surface area contributed by atoms with E-state index in [1.165, 1.54) is 17.4 Å². The molecule has 0 bridgehead atoms. The van der Waals surface area contributed by atoms with Crippen molar-refractivity contribution in [3.05, 3.63) is 59.7 Å². The van der Waals surface area contributed by atoms with E-state index in [-0.39, 0.29) is 18.4 Å². The van der Waals surface area contributed by atoms with E-state index in [1.54, 1.807) is 24.3 Å². The van der Waals surface area contributed by atoms with Crippen LogP contribution in [0.15, 0.2) is 53.4 Å². The van der Waals surface area contributed by atoms with Crippen LogP contribution in [0.5, 0.6) is 5.75 Å². The number of ether oxygens (including phenoxy) is 1. The van der Waals surface area contributed by atoms with Crippen molar-refractivity contribution >= 4 is 29.5 Å². The molecule has 0 saturated carbocycles. The second kappa shape index (κ2) is 12.1. The number of thioether (sulfide) groups is 1.